The van der Waals surface area contributed by atoms with E-state index in [1.165, 1.54) is 0 Å². The summed E-state index contributed by atoms with van der Waals surface area (Å²) in [6.45, 7) is 4.49. The Balaban J connectivity index is 1.41. The molecule has 1 N–H and O–H groups in total. The largest absolute Gasteiger partial charge is 0.447 e. The third-order valence-electron chi connectivity index (χ3n) is 6.11. The molecule has 5 rings (SSSR count). The summed E-state index contributed by atoms with van der Waals surface area (Å²) in [6.07, 6.45) is 1.53. The van der Waals surface area contributed by atoms with Gasteiger partial charge in [-0.05, 0) is 38.3 Å². The Morgan fingerprint density at radius 1 is 1.23 bits per heavy atom. The molecule has 1 aliphatic carbocycles. The molecule has 1 fully saturated rings. The lowest BCUT2D eigenvalue weighted by atomic mass is 9.75. The van der Waals surface area contributed by atoms with E-state index in [4.69, 9.17) is 4.74 Å². The van der Waals surface area contributed by atoms with Crippen LogP contribution in [0.15, 0.2) is 24.3 Å². The molecule has 0 saturated carbocycles. The Bertz CT molecular complexity index is 1050. The SMILES string of the molecule is CC(C)OC(=O)N1CC2(C1)C(=O)N(Cc1nc3c([nH]1)C(=O)CCC3)c1ccccc12. The molecule has 0 unspecified atom stereocenters. The van der Waals surface area contributed by atoms with Gasteiger partial charge in [-0.25, -0.2) is 9.78 Å². The molecular formula is C22H24N4O4. The van der Waals surface area contributed by atoms with Gasteiger partial charge in [-0.3, -0.25) is 9.59 Å². The minimum absolute atomic E-state index is 0.0435. The number of imidazole rings is 1. The highest BCUT2D eigenvalue weighted by atomic mass is 16.6. The smallest absolute Gasteiger partial charge is 0.410 e. The molecule has 2 aromatic rings. The number of rotatable bonds is 3. The van der Waals surface area contributed by atoms with Crippen molar-refractivity contribution in [2.24, 2.45) is 0 Å². The first-order valence-corrected chi connectivity index (χ1v) is 10.4. The van der Waals surface area contributed by atoms with Crippen molar-refractivity contribution in [3.05, 3.63) is 47.0 Å². The molecule has 2 aliphatic heterocycles. The fourth-order valence-corrected chi connectivity index (χ4v) is 4.71. The summed E-state index contributed by atoms with van der Waals surface area (Å²) < 4.78 is 5.27. The van der Waals surface area contributed by atoms with Crippen molar-refractivity contribution in [3.8, 4) is 0 Å². The molecule has 8 nitrogen and oxygen atoms in total. The van der Waals surface area contributed by atoms with Crippen molar-refractivity contribution in [1.29, 1.82) is 0 Å². The summed E-state index contributed by atoms with van der Waals surface area (Å²) in [5.74, 6) is 0.654. The minimum atomic E-state index is -0.741. The number of carbonyl (C=O) groups is 3. The van der Waals surface area contributed by atoms with Crippen LogP contribution in [0.1, 0.15) is 54.3 Å². The molecule has 1 aromatic carbocycles. The second kappa shape index (κ2) is 6.68. The summed E-state index contributed by atoms with van der Waals surface area (Å²) in [5, 5.41) is 0. The standard InChI is InChI=1S/C22H24N4O4/c1-13(2)30-21(29)25-11-22(12-25)14-6-3-4-8-16(14)26(20(22)28)10-18-23-15-7-5-9-17(27)19(15)24-18/h3-4,6,8,13H,5,7,9-12H2,1-2H3,(H,23,24). The van der Waals surface area contributed by atoms with Crippen LogP contribution in [-0.4, -0.2) is 51.8 Å². The zero-order valence-corrected chi connectivity index (χ0v) is 17.1. The second-order valence-electron chi connectivity index (χ2n) is 8.56. The van der Waals surface area contributed by atoms with E-state index in [2.05, 4.69) is 9.97 Å². The summed E-state index contributed by atoms with van der Waals surface area (Å²) in [5.41, 5.74) is 2.39. The summed E-state index contributed by atoms with van der Waals surface area (Å²) in [4.78, 5) is 48.9. The van der Waals surface area contributed by atoms with E-state index in [1.807, 2.05) is 24.3 Å². The van der Waals surface area contributed by atoms with Crippen LogP contribution in [0.5, 0.6) is 0 Å². The van der Waals surface area contributed by atoms with E-state index < -0.39 is 11.5 Å². The number of amides is 2. The van der Waals surface area contributed by atoms with Gasteiger partial charge in [0.2, 0.25) is 5.91 Å². The lowest BCUT2D eigenvalue weighted by Crippen LogP contribution is -2.65. The Morgan fingerprint density at radius 2 is 2.00 bits per heavy atom. The van der Waals surface area contributed by atoms with Gasteiger partial charge in [-0.1, -0.05) is 18.2 Å². The maximum atomic E-state index is 13.5. The Morgan fingerprint density at radius 3 is 2.73 bits per heavy atom. The highest BCUT2D eigenvalue weighted by Crippen LogP contribution is 2.48. The summed E-state index contributed by atoms with van der Waals surface area (Å²) in [7, 11) is 0. The molecule has 0 bridgehead atoms. The number of nitrogens with zero attached hydrogens (tertiary/aromatic N) is 3. The van der Waals surface area contributed by atoms with Crippen LogP contribution in [0.3, 0.4) is 0 Å². The predicted octanol–water partition coefficient (Wildman–Crippen LogP) is 2.57. The number of hydrogen-bond acceptors (Lipinski definition) is 5. The van der Waals surface area contributed by atoms with Gasteiger partial charge in [-0.2, -0.15) is 0 Å². The first kappa shape index (κ1) is 18.8. The van der Waals surface area contributed by atoms with E-state index in [9.17, 15) is 14.4 Å². The zero-order valence-electron chi connectivity index (χ0n) is 17.1. The van der Waals surface area contributed by atoms with Crippen molar-refractivity contribution in [2.45, 2.75) is 51.2 Å². The summed E-state index contributed by atoms with van der Waals surface area (Å²) in [6, 6.07) is 7.69. The number of hydrogen-bond donors (Lipinski definition) is 1. The van der Waals surface area contributed by atoms with Crippen molar-refractivity contribution in [2.75, 3.05) is 18.0 Å². The van der Waals surface area contributed by atoms with Gasteiger partial charge in [-0.15, -0.1) is 0 Å². The number of ketones is 1. The number of aromatic nitrogens is 2. The molecule has 1 saturated heterocycles. The number of H-pyrrole nitrogens is 1. The molecule has 156 valence electrons. The maximum absolute atomic E-state index is 13.5. The number of aryl methyl sites for hydroxylation is 1. The first-order valence-electron chi connectivity index (χ1n) is 10.4. The van der Waals surface area contributed by atoms with E-state index >= 15 is 0 Å². The quantitative estimate of drug-likeness (QED) is 0.842. The monoisotopic (exact) mass is 408 g/mol. The minimum Gasteiger partial charge on any atom is -0.447 e. The van der Waals surface area contributed by atoms with Crippen LogP contribution >= 0.6 is 0 Å². The van der Waals surface area contributed by atoms with Crippen LogP contribution in [0.2, 0.25) is 0 Å². The Hall–Kier alpha value is -3.16. The number of nitrogens with one attached hydrogen (secondary N) is 1. The van der Waals surface area contributed by atoms with Gasteiger partial charge in [0, 0.05) is 25.2 Å². The van der Waals surface area contributed by atoms with Gasteiger partial charge < -0.3 is 19.5 Å². The number of ether oxygens (including phenoxy) is 1. The third kappa shape index (κ3) is 2.74. The number of carbonyl (C=O) groups excluding carboxylic acids is 3. The number of para-hydroxylation sites is 1. The van der Waals surface area contributed by atoms with Crippen LogP contribution in [-0.2, 0) is 27.9 Å². The van der Waals surface area contributed by atoms with Crippen LogP contribution in [0, 0.1) is 0 Å². The lowest BCUT2D eigenvalue weighted by Gasteiger charge is -2.46. The molecule has 2 amide bonds. The van der Waals surface area contributed by atoms with Gasteiger partial charge in [0.25, 0.3) is 0 Å². The molecule has 0 radical (unpaired) electrons. The van der Waals surface area contributed by atoms with Gasteiger partial charge in [0.05, 0.1) is 18.3 Å². The lowest BCUT2D eigenvalue weighted by molar-refractivity contribution is -0.128. The first-order chi connectivity index (χ1) is 14.4. The van der Waals surface area contributed by atoms with Gasteiger partial charge >= 0.3 is 6.09 Å². The number of aromatic amines is 1. The van der Waals surface area contributed by atoms with Gasteiger partial charge in [0.1, 0.15) is 16.9 Å². The van der Waals surface area contributed by atoms with Crippen molar-refractivity contribution in [1.82, 2.24) is 14.9 Å². The second-order valence-corrected chi connectivity index (χ2v) is 8.56. The molecule has 1 aromatic heterocycles. The molecule has 8 heteroatoms. The number of benzene rings is 1. The molecule has 30 heavy (non-hydrogen) atoms. The number of fused-ring (bicyclic) bond motifs is 3. The van der Waals surface area contributed by atoms with Crippen LogP contribution < -0.4 is 4.90 Å². The number of likely N-dealkylation sites (tertiary alicyclic amines) is 1. The van der Waals surface area contributed by atoms with Crippen molar-refractivity contribution >= 4 is 23.5 Å². The normalized spacial score (nSPS) is 19.2. The number of anilines is 1. The average Bonchev–Trinajstić information content (AvgIpc) is 3.19. The fraction of sp³-hybridized carbons (Fsp3) is 0.455. The van der Waals surface area contributed by atoms with E-state index in [-0.39, 0.29) is 24.3 Å². The summed E-state index contributed by atoms with van der Waals surface area (Å²) >= 11 is 0. The average molecular weight is 408 g/mol. The Labute approximate surface area is 174 Å². The predicted molar refractivity (Wildman–Crippen MR) is 108 cm³/mol. The van der Waals surface area contributed by atoms with E-state index in [1.54, 1.807) is 23.6 Å². The van der Waals surface area contributed by atoms with Gasteiger partial charge in [0.15, 0.2) is 5.78 Å². The zero-order chi connectivity index (χ0) is 21.0. The van der Waals surface area contributed by atoms with Crippen LogP contribution in [0.4, 0.5) is 10.5 Å². The molecule has 0 atom stereocenters. The van der Waals surface area contributed by atoms with Crippen molar-refractivity contribution in [3.63, 3.8) is 0 Å². The molecule has 3 heterocycles. The fourth-order valence-electron chi connectivity index (χ4n) is 4.71. The highest BCUT2D eigenvalue weighted by molar-refractivity contribution is 6.09. The van der Waals surface area contributed by atoms with Crippen molar-refractivity contribution < 1.29 is 19.1 Å². The van der Waals surface area contributed by atoms with E-state index in [0.29, 0.717) is 31.0 Å². The molecular weight excluding hydrogens is 384 g/mol. The highest BCUT2D eigenvalue weighted by Gasteiger charge is 2.59. The topological polar surface area (TPSA) is 95.6 Å². The third-order valence-corrected chi connectivity index (χ3v) is 6.11. The number of Topliss-reactive ketones (excluding diaryl/α,β-unsaturated/α-hetero) is 1. The van der Waals surface area contributed by atoms with E-state index in [0.717, 1.165) is 29.8 Å². The Kier molecular flexibility index (Phi) is 4.20. The molecule has 1 spiro atoms. The molecule has 3 aliphatic rings. The van der Waals surface area contributed by atoms with Crippen LogP contribution in [0.25, 0.3) is 0 Å². The maximum Gasteiger partial charge on any atom is 0.410 e.